The van der Waals surface area contributed by atoms with Crippen LogP contribution in [0, 0.1) is 0 Å². The number of nitrogens with one attached hydrogen (secondary N) is 1. The van der Waals surface area contributed by atoms with Crippen molar-refractivity contribution >= 4 is 39.1 Å². The van der Waals surface area contributed by atoms with Gasteiger partial charge < -0.3 is 15.2 Å². The van der Waals surface area contributed by atoms with Gasteiger partial charge in [-0.15, -0.1) is 11.3 Å². The molecule has 110 valence electrons. The second-order valence-corrected chi connectivity index (χ2v) is 5.98. The van der Waals surface area contributed by atoms with Crippen LogP contribution in [0.3, 0.4) is 0 Å². The van der Waals surface area contributed by atoms with Crippen LogP contribution in [-0.4, -0.2) is 23.6 Å². The number of ether oxygens (including phenoxy) is 1. The molecule has 0 bridgehead atoms. The predicted octanol–water partition coefficient (Wildman–Crippen LogP) is 2.90. The lowest BCUT2D eigenvalue weighted by Crippen LogP contribution is -2.28. The molecule has 0 aliphatic carbocycles. The molecule has 0 unspecified atom stereocenters. The molecule has 21 heavy (non-hydrogen) atoms. The minimum atomic E-state index is -1.05. The van der Waals surface area contributed by atoms with Crippen LogP contribution < -0.4 is 10.1 Å². The molecule has 0 saturated carbocycles. The molecule has 2 aromatic rings. The van der Waals surface area contributed by atoms with E-state index in [1.54, 1.807) is 17.4 Å². The van der Waals surface area contributed by atoms with Crippen LogP contribution >= 0.6 is 27.3 Å². The van der Waals surface area contributed by atoms with E-state index in [0.29, 0.717) is 16.8 Å². The van der Waals surface area contributed by atoms with Crippen LogP contribution in [0.5, 0.6) is 5.75 Å². The first-order valence-electron chi connectivity index (χ1n) is 6.01. The van der Waals surface area contributed by atoms with E-state index in [4.69, 9.17) is 9.84 Å². The van der Waals surface area contributed by atoms with Gasteiger partial charge in [-0.3, -0.25) is 4.79 Å². The fraction of sp³-hybridized carbons (Fsp3) is 0.143. The fourth-order valence-corrected chi connectivity index (χ4v) is 2.55. The van der Waals surface area contributed by atoms with Crippen molar-refractivity contribution in [1.82, 2.24) is 5.32 Å². The Labute approximate surface area is 133 Å². The molecule has 1 amide bonds. The summed E-state index contributed by atoms with van der Waals surface area (Å²) in [6.45, 7) is 0.281. The van der Waals surface area contributed by atoms with Gasteiger partial charge in [-0.2, -0.15) is 0 Å². The number of halogens is 1. The van der Waals surface area contributed by atoms with Crippen molar-refractivity contribution in [2.75, 3.05) is 6.61 Å². The lowest BCUT2D eigenvalue weighted by molar-refractivity contribution is -0.123. The standard InChI is InChI=1S/C14H12BrNO4S/c15-11-4-3-9(14(18)19)6-12(11)20-8-13(17)16-7-10-2-1-5-21-10/h1-6H,7-8H2,(H,16,17)(H,18,19). The molecule has 0 aliphatic heterocycles. The summed E-state index contributed by atoms with van der Waals surface area (Å²) in [6.07, 6.45) is 0. The highest BCUT2D eigenvalue weighted by atomic mass is 79.9. The molecule has 1 aromatic carbocycles. The van der Waals surface area contributed by atoms with Crippen LogP contribution in [-0.2, 0) is 11.3 Å². The average Bonchev–Trinajstić information content (AvgIpc) is 2.97. The van der Waals surface area contributed by atoms with Gasteiger partial charge in [-0.05, 0) is 45.6 Å². The number of carboxylic acids is 1. The molecule has 5 nitrogen and oxygen atoms in total. The van der Waals surface area contributed by atoms with Gasteiger partial charge in [0.2, 0.25) is 0 Å². The zero-order chi connectivity index (χ0) is 15.2. The Hall–Kier alpha value is -1.86. The van der Waals surface area contributed by atoms with Gasteiger partial charge in [0.05, 0.1) is 16.6 Å². The van der Waals surface area contributed by atoms with E-state index in [0.717, 1.165) is 4.88 Å². The zero-order valence-corrected chi connectivity index (χ0v) is 13.2. The Kier molecular flexibility index (Phi) is 5.35. The summed E-state index contributed by atoms with van der Waals surface area (Å²) in [7, 11) is 0. The average molecular weight is 370 g/mol. The maximum atomic E-state index is 11.7. The minimum absolute atomic E-state index is 0.104. The van der Waals surface area contributed by atoms with Gasteiger partial charge in [0, 0.05) is 4.88 Å². The van der Waals surface area contributed by atoms with Gasteiger partial charge in [-0.1, -0.05) is 6.07 Å². The van der Waals surface area contributed by atoms with Crippen molar-refractivity contribution in [1.29, 1.82) is 0 Å². The second kappa shape index (κ2) is 7.24. The van der Waals surface area contributed by atoms with Gasteiger partial charge in [0.1, 0.15) is 5.75 Å². The Morgan fingerprint density at radius 1 is 1.33 bits per heavy atom. The van der Waals surface area contributed by atoms with Crippen molar-refractivity contribution < 1.29 is 19.4 Å². The van der Waals surface area contributed by atoms with Crippen molar-refractivity contribution in [3.05, 3.63) is 50.6 Å². The highest BCUT2D eigenvalue weighted by Gasteiger charge is 2.10. The van der Waals surface area contributed by atoms with E-state index in [1.165, 1.54) is 12.1 Å². The van der Waals surface area contributed by atoms with Gasteiger partial charge >= 0.3 is 5.97 Å². The van der Waals surface area contributed by atoms with Crippen molar-refractivity contribution in [2.45, 2.75) is 6.54 Å². The smallest absolute Gasteiger partial charge is 0.335 e. The Morgan fingerprint density at radius 3 is 2.81 bits per heavy atom. The van der Waals surface area contributed by atoms with Crippen LogP contribution in [0.4, 0.5) is 0 Å². The largest absolute Gasteiger partial charge is 0.483 e. The zero-order valence-electron chi connectivity index (χ0n) is 10.8. The third-order valence-electron chi connectivity index (χ3n) is 2.58. The lowest BCUT2D eigenvalue weighted by Gasteiger charge is -2.09. The molecule has 1 heterocycles. The highest BCUT2D eigenvalue weighted by Crippen LogP contribution is 2.26. The van der Waals surface area contributed by atoms with E-state index in [1.807, 2.05) is 17.5 Å². The first kappa shape index (κ1) is 15.5. The second-order valence-electron chi connectivity index (χ2n) is 4.10. The third kappa shape index (κ3) is 4.57. The number of carbonyl (C=O) groups excluding carboxylic acids is 1. The summed E-state index contributed by atoms with van der Waals surface area (Å²) >= 11 is 4.81. The van der Waals surface area contributed by atoms with Crippen LogP contribution in [0.2, 0.25) is 0 Å². The third-order valence-corrected chi connectivity index (χ3v) is 4.11. The Bertz CT molecular complexity index is 642. The highest BCUT2D eigenvalue weighted by molar-refractivity contribution is 9.10. The number of carboxylic acid groups (broad SMARTS) is 1. The van der Waals surface area contributed by atoms with Gasteiger partial charge in [0.25, 0.3) is 5.91 Å². The molecule has 0 radical (unpaired) electrons. The summed E-state index contributed by atoms with van der Waals surface area (Å²) in [5.74, 6) is -0.994. The molecule has 0 saturated heterocycles. The Morgan fingerprint density at radius 2 is 2.14 bits per heavy atom. The summed E-state index contributed by atoms with van der Waals surface area (Å²) in [5.41, 5.74) is 0.104. The molecular weight excluding hydrogens is 358 g/mol. The summed E-state index contributed by atoms with van der Waals surface area (Å²) in [4.78, 5) is 23.6. The molecule has 0 spiro atoms. The number of amides is 1. The lowest BCUT2D eigenvalue weighted by atomic mass is 10.2. The first-order chi connectivity index (χ1) is 10.1. The van der Waals surface area contributed by atoms with Crippen molar-refractivity contribution in [3.63, 3.8) is 0 Å². The number of benzene rings is 1. The SMILES string of the molecule is O=C(COc1cc(C(=O)O)ccc1Br)NCc1cccs1. The molecule has 1 aromatic heterocycles. The number of rotatable bonds is 6. The van der Waals surface area contributed by atoms with Crippen molar-refractivity contribution in [2.24, 2.45) is 0 Å². The van der Waals surface area contributed by atoms with E-state index < -0.39 is 5.97 Å². The minimum Gasteiger partial charge on any atom is -0.483 e. The van der Waals surface area contributed by atoms with Crippen LogP contribution in [0.15, 0.2) is 40.2 Å². The normalized spacial score (nSPS) is 10.1. The predicted molar refractivity (Wildman–Crippen MR) is 82.8 cm³/mol. The van der Waals surface area contributed by atoms with Crippen LogP contribution in [0.25, 0.3) is 0 Å². The Balaban J connectivity index is 1.88. The monoisotopic (exact) mass is 369 g/mol. The number of hydrogen-bond donors (Lipinski definition) is 2. The van der Waals surface area contributed by atoms with Gasteiger partial charge in [-0.25, -0.2) is 4.79 Å². The summed E-state index contributed by atoms with van der Waals surface area (Å²) < 4.78 is 5.94. The topological polar surface area (TPSA) is 75.6 Å². The van der Waals surface area contributed by atoms with Crippen LogP contribution in [0.1, 0.15) is 15.2 Å². The van der Waals surface area contributed by atoms with E-state index >= 15 is 0 Å². The van der Waals surface area contributed by atoms with E-state index in [9.17, 15) is 9.59 Å². The molecule has 0 atom stereocenters. The summed E-state index contributed by atoms with van der Waals surface area (Å²) in [6, 6.07) is 8.24. The molecule has 2 rings (SSSR count). The molecule has 7 heteroatoms. The van der Waals surface area contributed by atoms with Gasteiger partial charge in [0.15, 0.2) is 6.61 Å². The fourth-order valence-electron chi connectivity index (χ4n) is 1.54. The maximum absolute atomic E-state index is 11.7. The van der Waals surface area contributed by atoms with E-state index in [-0.39, 0.29) is 18.1 Å². The number of aromatic carboxylic acids is 1. The maximum Gasteiger partial charge on any atom is 0.335 e. The number of hydrogen-bond acceptors (Lipinski definition) is 4. The summed E-state index contributed by atoms with van der Waals surface area (Å²) in [5, 5.41) is 13.6. The first-order valence-corrected chi connectivity index (χ1v) is 7.68. The quantitative estimate of drug-likeness (QED) is 0.820. The molecular formula is C14H12BrNO4S. The number of thiophene rings is 1. The van der Waals surface area contributed by atoms with E-state index in [2.05, 4.69) is 21.2 Å². The molecule has 0 aliphatic rings. The molecule has 0 fully saturated rings. The molecule has 2 N–H and O–H groups in total. The number of carbonyl (C=O) groups is 2. The van der Waals surface area contributed by atoms with Crippen molar-refractivity contribution in [3.8, 4) is 5.75 Å².